The number of ether oxygens (including phenoxy) is 2. The number of fused-ring (bicyclic) bond motifs is 1. The molecule has 14 heteroatoms. The first-order valence-corrected chi connectivity index (χ1v) is 12.3. The number of aromatic nitrogens is 4. The maximum atomic E-state index is 12.2. The van der Waals surface area contributed by atoms with Gasteiger partial charge in [-0.1, -0.05) is 43.2 Å². The molecule has 4 rings (SSSR count). The highest BCUT2D eigenvalue weighted by molar-refractivity contribution is 6.28. The number of benzene rings is 1. The van der Waals surface area contributed by atoms with Crippen molar-refractivity contribution in [2.24, 2.45) is 0 Å². The summed E-state index contributed by atoms with van der Waals surface area (Å²) < 4.78 is 12.6. The molecule has 0 aliphatic carbocycles. The molecule has 4 atom stereocenters. The van der Waals surface area contributed by atoms with Crippen molar-refractivity contribution < 1.29 is 39.5 Å². The minimum Gasteiger partial charge on any atom is -0.479 e. The molecule has 0 saturated carbocycles. The molecule has 39 heavy (non-hydrogen) atoms. The predicted octanol–water partition coefficient (Wildman–Crippen LogP) is 1.09. The second-order valence-corrected chi connectivity index (χ2v) is 9.27. The van der Waals surface area contributed by atoms with Crippen LogP contribution in [0.3, 0.4) is 0 Å². The highest BCUT2D eigenvalue weighted by atomic mass is 35.5. The summed E-state index contributed by atoms with van der Waals surface area (Å²) in [6.07, 6.45) is 2.43. The summed E-state index contributed by atoms with van der Waals surface area (Å²) in [7, 11) is 0. The van der Waals surface area contributed by atoms with E-state index in [1.165, 1.54) is 10.9 Å². The maximum absolute atomic E-state index is 12.2. The zero-order valence-electron chi connectivity index (χ0n) is 20.7. The van der Waals surface area contributed by atoms with E-state index in [1.807, 2.05) is 6.92 Å². The number of imidazole rings is 1. The van der Waals surface area contributed by atoms with Gasteiger partial charge in [-0.15, -0.1) is 6.42 Å². The molecule has 1 aromatic carbocycles. The number of carbonyl (C=O) groups is 2. The Morgan fingerprint density at radius 2 is 1.97 bits per heavy atom. The zero-order valence-corrected chi connectivity index (χ0v) is 21.4. The van der Waals surface area contributed by atoms with Crippen molar-refractivity contribution >= 4 is 40.5 Å². The number of aliphatic hydroxyl groups is 2. The number of halogens is 1. The van der Waals surface area contributed by atoms with E-state index in [0.29, 0.717) is 23.4 Å². The van der Waals surface area contributed by atoms with Crippen molar-refractivity contribution in [2.45, 2.75) is 49.4 Å². The summed E-state index contributed by atoms with van der Waals surface area (Å²) in [6.45, 7) is 1.75. The van der Waals surface area contributed by atoms with E-state index in [-0.39, 0.29) is 10.9 Å². The number of carboxylic acid groups (broad SMARTS) is 2. The topological polar surface area (TPSA) is 189 Å². The van der Waals surface area contributed by atoms with Crippen molar-refractivity contribution in [3.05, 3.63) is 47.5 Å². The van der Waals surface area contributed by atoms with Crippen molar-refractivity contribution in [1.82, 2.24) is 19.5 Å². The molecular weight excluding hydrogens is 534 g/mol. The second-order valence-electron chi connectivity index (χ2n) is 8.93. The molecule has 1 aliphatic rings. The fraction of sp³-hybridized carbons (Fsp3) is 0.400. The number of rotatable bonds is 11. The van der Waals surface area contributed by atoms with E-state index in [4.69, 9.17) is 27.5 Å². The fourth-order valence-corrected chi connectivity index (χ4v) is 4.44. The van der Waals surface area contributed by atoms with Crippen molar-refractivity contribution in [2.75, 3.05) is 18.5 Å². The summed E-state index contributed by atoms with van der Waals surface area (Å²) in [5.74, 6) is -1.11. The number of nitrogens with zero attached hydrogens (tertiary/aromatic N) is 4. The minimum absolute atomic E-state index is 0.115. The molecule has 0 unspecified atom stereocenters. The molecular formula is C25H26ClN5O8. The van der Waals surface area contributed by atoms with Gasteiger partial charge in [-0.25, -0.2) is 14.6 Å². The van der Waals surface area contributed by atoms with E-state index < -0.39 is 54.6 Å². The van der Waals surface area contributed by atoms with Crippen LogP contribution in [-0.4, -0.2) is 88.4 Å². The van der Waals surface area contributed by atoms with Crippen molar-refractivity contribution in [3.8, 4) is 12.3 Å². The monoisotopic (exact) mass is 559 g/mol. The highest BCUT2D eigenvalue weighted by Gasteiger charge is 2.57. The van der Waals surface area contributed by atoms with Crippen LogP contribution < -0.4 is 5.32 Å². The van der Waals surface area contributed by atoms with Crippen LogP contribution in [-0.2, 0) is 25.5 Å². The lowest BCUT2D eigenvalue weighted by Gasteiger charge is -2.30. The Morgan fingerprint density at radius 3 is 2.59 bits per heavy atom. The average Bonchev–Trinajstić information content (AvgIpc) is 3.44. The molecule has 13 nitrogen and oxygen atoms in total. The van der Waals surface area contributed by atoms with Gasteiger partial charge < -0.3 is 35.2 Å². The third-order valence-corrected chi connectivity index (χ3v) is 6.59. The summed E-state index contributed by atoms with van der Waals surface area (Å²) in [5, 5.41) is 44.9. The van der Waals surface area contributed by atoms with Crippen LogP contribution in [0.4, 0.5) is 5.82 Å². The standard InChI is InChI=1S/C25H26ClN5O8/c1-3-10-27-18-16-19(30-23(26)29-18)31(13-28-16)20-17(32)24(37,4-2)15(39-20)12-38-25(21(33)34,22(35)36)11-14-8-6-5-7-9-14/h2,5-9,13,15,17,20,32,37H,3,10-12H2,1H3,(H,33,34)(H,35,36)(H,27,29,30)/t15-,17+,20-,24-/m1/s1. The smallest absolute Gasteiger partial charge is 0.348 e. The van der Waals surface area contributed by atoms with Gasteiger partial charge in [0.2, 0.25) is 5.28 Å². The van der Waals surface area contributed by atoms with Crippen LogP contribution in [0.2, 0.25) is 5.28 Å². The lowest BCUT2D eigenvalue weighted by molar-refractivity contribution is -0.191. The van der Waals surface area contributed by atoms with Gasteiger partial charge >= 0.3 is 11.9 Å². The number of nitrogens with one attached hydrogen (secondary N) is 1. The Morgan fingerprint density at radius 1 is 1.28 bits per heavy atom. The molecule has 1 saturated heterocycles. The van der Waals surface area contributed by atoms with E-state index in [2.05, 4.69) is 26.2 Å². The first-order valence-electron chi connectivity index (χ1n) is 11.9. The number of aliphatic carboxylic acids is 2. The highest BCUT2D eigenvalue weighted by Crippen LogP contribution is 2.39. The fourth-order valence-electron chi connectivity index (χ4n) is 4.28. The molecule has 1 fully saturated rings. The van der Waals surface area contributed by atoms with Gasteiger partial charge in [0.05, 0.1) is 12.9 Å². The summed E-state index contributed by atoms with van der Waals surface area (Å²) in [5.41, 5.74) is -4.27. The van der Waals surface area contributed by atoms with Gasteiger partial charge in [0, 0.05) is 13.0 Å². The van der Waals surface area contributed by atoms with Gasteiger partial charge in [-0.05, 0) is 23.6 Å². The average molecular weight is 560 g/mol. The molecule has 0 amide bonds. The van der Waals surface area contributed by atoms with Gasteiger partial charge in [-0.2, -0.15) is 9.97 Å². The lowest BCUT2D eigenvalue weighted by Crippen LogP contribution is -2.55. The van der Waals surface area contributed by atoms with E-state index >= 15 is 0 Å². The van der Waals surface area contributed by atoms with Gasteiger partial charge in [0.15, 0.2) is 28.8 Å². The largest absolute Gasteiger partial charge is 0.479 e. The first-order chi connectivity index (χ1) is 18.6. The zero-order chi connectivity index (χ0) is 28.4. The Labute approximate surface area is 227 Å². The van der Waals surface area contributed by atoms with E-state index in [0.717, 1.165) is 6.42 Å². The Bertz CT molecular complexity index is 1400. The van der Waals surface area contributed by atoms with E-state index in [9.17, 15) is 30.0 Å². The molecule has 3 aromatic rings. The third-order valence-electron chi connectivity index (χ3n) is 6.43. The maximum Gasteiger partial charge on any atom is 0.348 e. The predicted molar refractivity (Wildman–Crippen MR) is 137 cm³/mol. The second kappa shape index (κ2) is 11.1. The Hall–Kier alpha value is -3.80. The molecule has 5 N–H and O–H groups in total. The number of aliphatic hydroxyl groups excluding tert-OH is 1. The lowest BCUT2D eigenvalue weighted by atomic mass is 9.92. The Kier molecular flexibility index (Phi) is 8.05. The van der Waals surface area contributed by atoms with Gasteiger partial charge in [-0.3, -0.25) is 4.57 Å². The summed E-state index contributed by atoms with van der Waals surface area (Å²) >= 11 is 6.09. The molecule has 0 spiro atoms. The number of carboxylic acids is 2. The van der Waals surface area contributed by atoms with Crippen LogP contribution >= 0.6 is 11.6 Å². The molecule has 3 heterocycles. The van der Waals surface area contributed by atoms with Crippen LogP contribution in [0.5, 0.6) is 0 Å². The number of terminal acetylenes is 1. The normalized spacial score (nSPS) is 23.0. The molecule has 1 aliphatic heterocycles. The van der Waals surface area contributed by atoms with Crippen molar-refractivity contribution in [1.29, 1.82) is 0 Å². The van der Waals surface area contributed by atoms with Gasteiger partial charge in [0.1, 0.15) is 12.2 Å². The summed E-state index contributed by atoms with van der Waals surface area (Å²) in [4.78, 5) is 36.9. The first kappa shape index (κ1) is 28.2. The molecule has 0 radical (unpaired) electrons. The van der Waals surface area contributed by atoms with Crippen LogP contribution in [0.15, 0.2) is 36.7 Å². The Balaban J connectivity index is 1.65. The van der Waals surface area contributed by atoms with Crippen LogP contribution in [0.25, 0.3) is 11.2 Å². The molecule has 2 aromatic heterocycles. The van der Waals surface area contributed by atoms with E-state index in [1.54, 1.807) is 30.3 Å². The van der Waals surface area contributed by atoms with Crippen LogP contribution in [0.1, 0.15) is 25.1 Å². The third kappa shape index (κ3) is 5.12. The number of anilines is 1. The quantitative estimate of drug-likeness (QED) is 0.128. The SMILES string of the molecule is C#C[C@@]1(O)[C@@H](COC(Cc2ccccc2)(C(=O)O)C(=O)O)O[C@@H](n2cnc3c(NCCC)nc(Cl)nc32)[C@@H]1O. The summed E-state index contributed by atoms with van der Waals surface area (Å²) in [6, 6.07) is 8.03. The van der Waals surface area contributed by atoms with Crippen LogP contribution in [0, 0.1) is 12.3 Å². The van der Waals surface area contributed by atoms with Gasteiger partial charge in [0.25, 0.3) is 5.60 Å². The molecule has 206 valence electrons. The minimum atomic E-state index is -2.73. The number of hydrogen-bond acceptors (Lipinski definition) is 10. The van der Waals surface area contributed by atoms with Crippen molar-refractivity contribution in [3.63, 3.8) is 0 Å². The molecule has 0 bridgehead atoms. The number of hydrogen-bond donors (Lipinski definition) is 5.